The molecule has 0 saturated carbocycles. The van der Waals surface area contributed by atoms with E-state index in [9.17, 15) is 0 Å². The van der Waals surface area contributed by atoms with Gasteiger partial charge in [0.15, 0.2) is 5.96 Å². The maximum atomic E-state index is 6.06. The minimum Gasteiger partial charge on any atom is -0.490 e. The summed E-state index contributed by atoms with van der Waals surface area (Å²) in [6.45, 7) is 10.3. The van der Waals surface area contributed by atoms with Crippen LogP contribution < -0.4 is 15.4 Å². The van der Waals surface area contributed by atoms with E-state index in [0.717, 1.165) is 50.7 Å². The lowest BCUT2D eigenvalue weighted by Gasteiger charge is -2.34. The van der Waals surface area contributed by atoms with Crippen LogP contribution in [0.4, 0.5) is 0 Å². The second-order valence-corrected chi connectivity index (χ2v) is 7.27. The largest absolute Gasteiger partial charge is 0.490 e. The molecule has 1 saturated heterocycles. The van der Waals surface area contributed by atoms with E-state index in [4.69, 9.17) is 4.74 Å². The highest BCUT2D eigenvalue weighted by atomic mass is 127. The number of hydrogen-bond acceptors (Lipinski definition) is 3. The molecule has 0 bridgehead atoms. The lowest BCUT2D eigenvalue weighted by atomic mass is 10.1. The van der Waals surface area contributed by atoms with E-state index >= 15 is 0 Å². The van der Waals surface area contributed by atoms with Crippen LogP contribution in [0.2, 0.25) is 0 Å². The van der Waals surface area contributed by atoms with Crippen molar-refractivity contribution in [3.63, 3.8) is 0 Å². The Hall–Kier alpha value is -1.02. The number of likely N-dealkylation sites (tertiary alicyclic amines) is 1. The van der Waals surface area contributed by atoms with Gasteiger partial charge in [-0.2, -0.15) is 0 Å². The first-order valence-electron chi connectivity index (χ1n) is 8.90. The summed E-state index contributed by atoms with van der Waals surface area (Å²) in [5.74, 6) is 1.95. The molecular formula is C19H33IN4O. The summed E-state index contributed by atoms with van der Waals surface area (Å²) < 4.78 is 6.06. The third kappa shape index (κ3) is 8.27. The van der Waals surface area contributed by atoms with Gasteiger partial charge in [-0.25, -0.2) is 0 Å². The monoisotopic (exact) mass is 460 g/mol. The fourth-order valence-corrected chi connectivity index (χ4v) is 2.82. The third-order valence-corrected chi connectivity index (χ3v) is 4.06. The minimum atomic E-state index is 0. The Balaban J connectivity index is 0.00000312. The van der Waals surface area contributed by atoms with Crippen molar-refractivity contribution < 1.29 is 4.74 Å². The van der Waals surface area contributed by atoms with Gasteiger partial charge in [0.1, 0.15) is 11.9 Å². The standard InChI is InChI=1S/C19H32N4O.HI/c1-19(2,3)22-13-12-21-18(20-4)23-14-10-17(11-15-23)24-16-8-6-5-7-9-16;/h5-9,17,22H,10-15H2,1-4H3,(H,20,21);1H. The molecule has 25 heavy (non-hydrogen) atoms. The van der Waals surface area contributed by atoms with Gasteiger partial charge in [-0.3, -0.25) is 4.99 Å². The zero-order chi connectivity index (χ0) is 17.4. The summed E-state index contributed by atoms with van der Waals surface area (Å²) in [6.07, 6.45) is 2.34. The van der Waals surface area contributed by atoms with Crippen molar-refractivity contribution in [1.29, 1.82) is 0 Å². The number of para-hydroxylation sites is 1. The number of rotatable bonds is 5. The molecule has 0 aliphatic carbocycles. The molecule has 0 spiro atoms. The van der Waals surface area contributed by atoms with Crippen LogP contribution in [0.15, 0.2) is 35.3 Å². The molecule has 1 aromatic rings. The fraction of sp³-hybridized carbons (Fsp3) is 0.632. The number of nitrogens with zero attached hydrogens (tertiary/aromatic N) is 2. The molecule has 0 radical (unpaired) electrons. The van der Waals surface area contributed by atoms with Crippen LogP contribution in [0.5, 0.6) is 5.75 Å². The van der Waals surface area contributed by atoms with Crippen LogP contribution in [0.3, 0.4) is 0 Å². The number of aliphatic imine (C=N–C) groups is 1. The zero-order valence-corrected chi connectivity index (χ0v) is 18.2. The average Bonchev–Trinajstić information content (AvgIpc) is 2.56. The first-order chi connectivity index (χ1) is 11.5. The minimum absolute atomic E-state index is 0. The predicted octanol–water partition coefficient (Wildman–Crippen LogP) is 3.11. The van der Waals surface area contributed by atoms with Crippen molar-refractivity contribution >= 4 is 29.9 Å². The molecule has 5 nitrogen and oxygen atoms in total. The second-order valence-electron chi connectivity index (χ2n) is 7.27. The van der Waals surface area contributed by atoms with E-state index in [-0.39, 0.29) is 29.5 Å². The Bertz CT molecular complexity index is 508. The van der Waals surface area contributed by atoms with Crippen molar-refractivity contribution in [2.45, 2.75) is 45.3 Å². The molecule has 1 aromatic carbocycles. The van der Waals surface area contributed by atoms with Crippen LogP contribution in [-0.2, 0) is 0 Å². The molecule has 1 heterocycles. The van der Waals surface area contributed by atoms with Crippen molar-refractivity contribution in [3.05, 3.63) is 30.3 Å². The van der Waals surface area contributed by atoms with Crippen LogP contribution in [0, 0.1) is 0 Å². The van der Waals surface area contributed by atoms with E-state index in [1.807, 2.05) is 37.4 Å². The summed E-state index contributed by atoms with van der Waals surface area (Å²) in [7, 11) is 1.85. The van der Waals surface area contributed by atoms with Crippen LogP contribution >= 0.6 is 24.0 Å². The molecular weight excluding hydrogens is 427 g/mol. The number of guanidine groups is 1. The van der Waals surface area contributed by atoms with Crippen LogP contribution in [0.25, 0.3) is 0 Å². The van der Waals surface area contributed by atoms with Gasteiger partial charge >= 0.3 is 0 Å². The Morgan fingerprint density at radius 3 is 2.36 bits per heavy atom. The molecule has 2 rings (SSSR count). The molecule has 0 atom stereocenters. The van der Waals surface area contributed by atoms with Crippen molar-refractivity contribution in [2.75, 3.05) is 33.2 Å². The SMILES string of the molecule is CN=C(NCCNC(C)(C)C)N1CCC(Oc2ccccc2)CC1.I. The van der Waals surface area contributed by atoms with E-state index in [2.05, 4.69) is 41.3 Å². The lowest BCUT2D eigenvalue weighted by Crippen LogP contribution is -2.49. The Labute approximate surface area is 169 Å². The first kappa shape index (κ1) is 22.0. The van der Waals surface area contributed by atoms with Crippen molar-refractivity contribution in [2.24, 2.45) is 4.99 Å². The van der Waals surface area contributed by atoms with E-state index in [0.29, 0.717) is 6.10 Å². The molecule has 1 aliphatic rings. The summed E-state index contributed by atoms with van der Waals surface area (Å²) in [4.78, 5) is 6.74. The summed E-state index contributed by atoms with van der Waals surface area (Å²) in [5, 5.41) is 6.93. The van der Waals surface area contributed by atoms with Crippen molar-refractivity contribution in [3.8, 4) is 5.75 Å². The molecule has 1 fully saturated rings. The Morgan fingerprint density at radius 1 is 1.16 bits per heavy atom. The second kappa shape index (κ2) is 10.9. The Kier molecular flexibility index (Phi) is 9.56. The first-order valence-corrected chi connectivity index (χ1v) is 8.90. The van der Waals surface area contributed by atoms with Gasteiger partial charge in [0.05, 0.1) is 0 Å². The van der Waals surface area contributed by atoms with Gasteiger partial charge in [-0.05, 0) is 32.9 Å². The van der Waals surface area contributed by atoms with E-state index in [1.54, 1.807) is 0 Å². The topological polar surface area (TPSA) is 48.9 Å². The highest BCUT2D eigenvalue weighted by Crippen LogP contribution is 2.18. The molecule has 2 N–H and O–H groups in total. The lowest BCUT2D eigenvalue weighted by molar-refractivity contribution is 0.129. The van der Waals surface area contributed by atoms with Gasteiger partial charge in [0.25, 0.3) is 0 Å². The highest BCUT2D eigenvalue weighted by Gasteiger charge is 2.22. The normalized spacial score (nSPS) is 16.3. The van der Waals surface area contributed by atoms with Crippen LogP contribution in [-0.4, -0.2) is 55.7 Å². The highest BCUT2D eigenvalue weighted by molar-refractivity contribution is 14.0. The number of hydrogen-bond donors (Lipinski definition) is 2. The number of halogens is 1. The molecule has 1 aliphatic heterocycles. The van der Waals surface area contributed by atoms with Gasteiger partial charge in [-0.1, -0.05) is 18.2 Å². The molecule has 6 heteroatoms. The van der Waals surface area contributed by atoms with Gasteiger partial charge in [-0.15, -0.1) is 24.0 Å². The summed E-state index contributed by atoms with van der Waals surface area (Å²) >= 11 is 0. The smallest absolute Gasteiger partial charge is 0.193 e. The van der Waals surface area contributed by atoms with E-state index < -0.39 is 0 Å². The number of piperidine rings is 1. The molecule has 142 valence electrons. The Morgan fingerprint density at radius 2 is 1.80 bits per heavy atom. The number of nitrogens with one attached hydrogen (secondary N) is 2. The summed E-state index contributed by atoms with van der Waals surface area (Å²) in [6, 6.07) is 10.1. The van der Waals surface area contributed by atoms with Gasteiger partial charge in [0, 0.05) is 51.6 Å². The predicted molar refractivity (Wildman–Crippen MR) is 116 cm³/mol. The van der Waals surface area contributed by atoms with Crippen molar-refractivity contribution in [1.82, 2.24) is 15.5 Å². The molecule has 0 aromatic heterocycles. The summed E-state index contributed by atoms with van der Waals surface area (Å²) in [5.41, 5.74) is 0.151. The maximum absolute atomic E-state index is 6.06. The third-order valence-electron chi connectivity index (χ3n) is 4.06. The molecule has 0 amide bonds. The average molecular weight is 460 g/mol. The maximum Gasteiger partial charge on any atom is 0.193 e. The van der Waals surface area contributed by atoms with E-state index in [1.165, 1.54) is 0 Å². The fourth-order valence-electron chi connectivity index (χ4n) is 2.82. The quantitative estimate of drug-likeness (QED) is 0.307. The van der Waals surface area contributed by atoms with Crippen LogP contribution in [0.1, 0.15) is 33.6 Å². The van der Waals surface area contributed by atoms with Gasteiger partial charge in [0.2, 0.25) is 0 Å². The van der Waals surface area contributed by atoms with Gasteiger partial charge < -0.3 is 20.3 Å². The molecule has 0 unspecified atom stereocenters. The zero-order valence-electron chi connectivity index (χ0n) is 15.9. The number of ether oxygens (including phenoxy) is 1. The number of benzene rings is 1.